The maximum absolute atomic E-state index is 14.1. The van der Waals surface area contributed by atoms with Gasteiger partial charge in [-0.15, -0.1) is 6.58 Å². The Morgan fingerprint density at radius 1 is 1.10 bits per heavy atom. The Morgan fingerprint density at radius 2 is 1.77 bits per heavy atom. The van der Waals surface area contributed by atoms with Crippen molar-refractivity contribution in [2.45, 2.75) is 32.1 Å². The maximum Gasteiger partial charge on any atom is 0.226 e. The van der Waals surface area contributed by atoms with Crippen LogP contribution >= 0.6 is 0 Å². The number of benzene rings is 2. The number of carbonyl (C=O) groups is 2. The molecule has 1 saturated heterocycles. The van der Waals surface area contributed by atoms with E-state index in [0.717, 1.165) is 24.0 Å². The van der Waals surface area contributed by atoms with E-state index in [2.05, 4.69) is 11.9 Å². The highest BCUT2D eigenvalue weighted by molar-refractivity contribution is 5.85. The van der Waals surface area contributed by atoms with Crippen molar-refractivity contribution in [3.63, 3.8) is 0 Å². The van der Waals surface area contributed by atoms with Gasteiger partial charge in [-0.3, -0.25) is 9.59 Å². The number of carbonyl (C=O) groups excluding carboxylic acids is 2. The largest absolute Gasteiger partial charge is 0.352 e. The van der Waals surface area contributed by atoms with Crippen molar-refractivity contribution in [3.05, 3.63) is 72.6 Å². The van der Waals surface area contributed by atoms with Crippen LogP contribution in [0.15, 0.2) is 61.2 Å². The molecule has 31 heavy (non-hydrogen) atoms. The normalized spacial score (nSPS) is 17.8. The van der Waals surface area contributed by atoms with Gasteiger partial charge in [-0.05, 0) is 49.3 Å². The van der Waals surface area contributed by atoms with Crippen LogP contribution in [0.3, 0.4) is 0 Å². The summed E-state index contributed by atoms with van der Waals surface area (Å²) in [5.41, 5.74) is 1.87. The minimum atomic E-state index is -0.553. The molecule has 1 aliphatic carbocycles. The molecule has 1 heterocycles. The van der Waals surface area contributed by atoms with E-state index in [0.29, 0.717) is 44.5 Å². The van der Waals surface area contributed by atoms with Gasteiger partial charge in [0.05, 0.1) is 5.41 Å². The molecule has 2 aromatic carbocycles. The fourth-order valence-electron chi connectivity index (χ4n) is 4.47. The summed E-state index contributed by atoms with van der Waals surface area (Å²) in [5, 5.41) is 2.98. The first-order valence-electron chi connectivity index (χ1n) is 11.0. The third kappa shape index (κ3) is 4.71. The second kappa shape index (κ2) is 9.04. The molecule has 1 aliphatic heterocycles. The van der Waals surface area contributed by atoms with Crippen molar-refractivity contribution >= 4 is 11.8 Å². The third-order valence-corrected chi connectivity index (χ3v) is 6.53. The molecule has 2 amide bonds. The van der Waals surface area contributed by atoms with Crippen molar-refractivity contribution in [1.29, 1.82) is 0 Å². The van der Waals surface area contributed by atoms with Gasteiger partial charge in [-0.1, -0.05) is 48.5 Å². The van der Waals surface area contributed by atoms with Crippen molar-refractivity contribution in [2.75, 3.05) is 19.6 Å². The molecular weight excluding hydrogens is 391 g/mol. The molecule has 5 heteroatoms. The molecule has 0 bridgehead atoms. The highest BCUT2D eigenvalue weighted by Crippen LogP contribution is 2.38. The Bertz CT molecular complexity index is 958. The standard InChI is InChI=1S/C26H29FN2O2/c1-2-15-28-25(31)26(13-16-29(17-14-26)24(30)21-11-12-21)18-19-7-9-20(10-8-19)22-5-3-4-6-23(22)27/h2-10,21H,1,11-18H2,(H,28,31). The first kappa shape index (κ1) is 21.3. The summed E-state index contributed by atoms with van der Waals surface area (Å²) in [4.78, 5) is 27.5. The SMILES string of the molecule is C=CCNC(=O)C1(Cc2ccc(-c3ccccc3F)cc2)CCN(C(=O)C2CC2)CC1. The van der Waals surface area contributed by atoms with E-state index in [4.69, 9.17) is 0 Å². The van der Waals surface area contributed by atoms with Gasteiger partial charge in [-0.25, -0.2) is 4.39 Å². The number of piperidine rings is 1. The number of hydrogen-bond donors (Lipinski definition) is 1. The van der Waals surface area contributed by atoms with Gasteiger partial charge in [0.1, 0.15) is 5.82 Å². The van der Waals surface area contributed by atoms with Crippen LogP contribution in [-0.4, -0.2) is 36.3 Å². The summed E-state index contributed by atoms with van der Waals surface area (Å²) in [6.07, 6.45) is 5.55. The molecule has 4 nitrogen and oxygen atoms in total. The molecular formula is C26H29FN2O2. The lowest BCUT2D eigenvalue weighted by molar-refractivity contribution is -0.141. The van der Waals surface area contributed by atoms with Crippen LogP contribution in [0.4, 0.5) is 4.39 Å². The van der Waals surface area contributed by atoms with E-state index in [-0.39, 0.29) is 23.5 Å². The van der Waals surface area contributed by atoms with Crippen LogP contribution in [0, 0.1) is 17.2 Å². The van der Waals surface area contributed by atoms with Gasteiger partial charge in [0.2, 0.25) is 11.8 Å². The lowest BCUT2D eigenvalue weighted by Gasteiger charge is -2.41. The number of nitrogens with one attached hydrogen (secondary N) is 1. The molecule has 2 fully saturated rings. The zero-order valence-electron chi connectivity index (χ0n) is 17.8. The van der Waals surface area contributed by atoms with Gasteiger partial charge in [0.15, 0.2) is 0 Å². The fourth-order valence-corrected chi connectivity index (χ4v) is 4.47. The summed E-state index contributed by atoms with van der Waals surface area (Å²) < 4.78 is 14.1. The monoisotopic (exact) mass is 420 g/mol. The Kier molecular flexibility index (Phi) is 6.21. The average Bonchev–Trinajstić information content (AvgIpc) is 3.64. The number of likely N-dealkylation sites (tertiary alicyclic amines) is 1. The number of amides is 2. The van der Waals surface area contributed by atoms with E-state index in [1.165, 1.54) is 6.07 Å². The molecule has 2 aromatic rings. The first-order chi connectivity index (χ1) is 15.0. The van der Waals surface area contributed by atoms with E-state index in [1.54, 1.807) is 18.2 Å². The summed E-state index contributed by atoms with van der Waals surface area (Å²) in [7, 11) is 0. The van der Waals surface area contributed by atoms with Crippen molar-refractivity contribution in [3.8, 4) is 11.1 Å². The van der Waals surface area contributed by atoms with Crippen LogP contribution < -0.4 is 5.32 Å². The summed E-state index contributed by atoms with van der Waals surface area (Å²) in [6, 6.07) is 14.5. The molecule has 1 saturated carbocycles. The third-order valence-electron chi connectivity index (χ3n) is 6.53. The number of rotatable bonds is 7. The number of hydrogen-bond acceptors (Lipinski definition) is 2. The van der Waals surface area contributed by atoms with Crippen LogP contribution in [0.2, 0.25) is 0 Å². The second-order valence-electron chi connectivity index (χ2n) is 8.73. The van der Waals surface area contributed by atoms with Gasteiger partial charge in [0, 0.05) is 31.1 Å². The van der Waals surface area contributed by atoms with Crippen molar-refractivity contribution in [2.24, 2.45) is 11.3 Å². The average molecular weight is 421 g/mol. The summed E-state index contributed by atoms with van der Waals surface area (Å²) >= 11 is 0. The Balaban J connectivity index is 1.51. The number of nitrogens with zero attached hydrogens (tertiary/aromatic N) is 1. The lowest BCUT2D eigenvalue weighted by Crippen LogP contribution is -2.51. The van der Waals surface area contributed by atoms with E-state index >= 15 is 0 Å². The lowest BCUT2D eigenvalue weighted by atomic mass is 9.72. The van der Waals surface area contributed by atoms with Gasteiger partial charge in [0.25, 0.3) is 0 Å². The van der Waals surface area contributed by atoms with Gasteiger partial charge in [-0.2, -0.15) is 0 Å². The van der Waals surface area contributed by atoms with E-state index in [9.17, 15) is 14.0 Å². The number of halogens is 1. The quantitative estimate of drug-likeness (QED) is 0.677. The van der Waals surface area contributed by atoms with Crippen molar-refractivity contribution < 1.29 is 14.0 Å². The molecule has 0 atom stereocenters. The first-order valence-corrected chi connectivity index (χ1v) is 11.0. The molecule has 0 unspecified atom stereocenters. The van der Waals surface area contributed by atoms with E-state index in [1.807, 2.05) is 35.2 Å². The molecule has 2 aliphatic rings. The Labute approximate surface area is 183 Å². The minimum absolute atomic E-state index is 0.0177. The fraction of sp³-hybridized carbons (Fsp3) is 0.385. The topological polar surface area (TPSA) is 49.4 Å². The maximum atomic E-state index is 14.1. The highest BCUT2D eigenvalue weighted by Gasteiger charge is 2.44. The predicted molar refractivity (Wildman–Crippen MR) is 120 cm³/mol. The molecule has 0 aromatic heterocycles. The summed E-state index contributed by atoms with van der Waals surface area (Å²) in [6.45, 7) is 5.35. The molecule has 0 spiro atoms. The highest BCUT2D eigenvalue weighted by atomic mass is 19.1. The smallest absolute Gasteiger partial charge is 0.226 e. The van der Waals surface area contributed by atoms with Gasteiger partial charge < -0.3 is 10.2 Å². The van der Waals surface area contributed by atoms with Crippen LogP contribution in [0.1, 0.15) is 31.2 Å². The molecule has 1 N–H and O–H groups in total. The molecule has 0 radical (unpaired) electrons. The van der Waals surface area contributed by atoms with Crippen LogP contribution in [-0.2, 0) is 16.0 Å². The van der Waals surface area contributed by atoms with Crippen LogP contribution in [0.25, 0.3) is 11.1 Å². The Hall–Kier alpha value is -2.95. The Morgan fingerprint density at radius 3 is 2.39 bits per heavy atom. The minimum Gasteiger partial charge on any atom is -0.352 e. The molecule has 4 rings (SSSR count). The molecule has 162 valence electrons. The zero-order valence-corrected chi connectivity index (χ0v) is 17.8. The van der Waals surface area contributed by atoms with Gasteiger partial charge >= 0.3 is 0 Å². The van der Waals surface area contributed by atoms with E-state index < -0.39 is 5.41 Å². The predicted octanol–water partition coefficient (Wildman–Crippen LogP) is 4.36. The second-order valence-corrected chi connectivity index (χ2v) is 8.73. The zero-order chi connectivity index (χ0) is 21.8. The van der Waals surface area contributed by atoms with Crippen molar-refractivity contribution in [1.82, 2.24) is 10.2 Å². The van der Waals surface area contributed by atoms with Crippen LogP contribution in [0.5, 0.6) is 0 Å². The summed E-state index contributed by atoms with van der Waals surface area (Å²) in [5.74, 6) is 0.217.